The highest BCUT2D eigenvalue weighted by atomic mass is 31.2. The highest BCUT2D eigenvalue weighted by Crippen LogP contribution is 2.35. The monoisotopic (exact) mass is 329 g/mol. The fourth-order valence-corrected chi connectivity index (χ4v) is 2.63. The van der Waals surface area contributed by atoms with Crippen LogP contribution in [0.5, 0.6) is 0 Å². The minimum atomic E-state index is -4.17. The number of nitro groups is 1. The van der Waals surface area contributed by atoms with Crippen molar-refractivity contribution in [2.45, 2.75) is 12.8 Å². The molecule has 0 fully saturated rings. The maximum absolute atomic E-state index is 11.4. The van der Waals surface area contributed by atoms with Crippen LogP contribution in [0.15, 0.2) is 21.7 Å². The number of non-ortho nitro benzene ring substituents is 1. The van der Waals surface area contributed by atoms with Gasteiger partial charge in [0.15, 0.2) is 0 Å². The van der Waals surface area contributed by atoms with Gasteiger partial charge in [0.1, 0.15) is 0 Å². The Morgan fingerprint density at radius 1 is 1.18 bits per heavy atom. The van der Waals surface area contributed by atoms with E-state index in [0.717, 1.165) is 6.07 Å². The number of nitro benzene ring substituents is 1. The molecule has 0 aliphatic carbocycles. The van der Waals surface area contributed by atoms with E-state index in [9.17, 15) is 24.3 Å². The molecule has 0 bridgehead atoms. The van der Waals surface area contributed by atoms with E-state index in [1.807, 2.05) is 0 Å². The molecule has 22 heavy (non-hydrogen) atoms. The van der Waals surface area contributed by atoms with Gasteiger partial charge in [0.2, 0.25) is 0 Å². The van der Waals surface area contributed by atoms with E-state index in [1.165, 1.54) is 6.07 Å². The molecule has 0 radical (unpaired) electrons. The maximum atomic E-state index is 11.4. The van der Waals surface area contributed by atoms with Crippen LogP contribution in [-0.2, 0) is 11.0 Å². The van der Waals surface area contributed by atoms with Crippen molar-refractivity contribution in [3.63, 3.8) is 0 Å². The minimum Gasteiger partial charge on any atom is -0.324 e. The fraction of sp³-hybridized carbons (Fsp3) is 0.273. The zero-order chi connectivity index (χ0) is 16.5. The van der Waals surface area contributed by atoms with Crippen LogP contribution in [-0.4, -0.2) is 30.8 Å². The molecule has 2 aromatic rings. The van der Waals surface area contributed by atoms with E-state index in [4.69, 9.17) is 9.79 Å². The SMILES string of the molecule is O=c1[nH]c2cc([N+](=O)[O-])cc(CCCP(=O)(O)O)c2[nH]c1=O. The molecule has 0 amide bonds. The van der Waals surface area contributed by atoms with Gasteiger partial charge in [-0.1, -0.05) is 0 Å². The van der Waals surface area contributed by atoms with Crippen LogP contribution >= 0.6 is 7.60 Å². The van der Waals surface area contributed by atoms with Gasteiger partial charge < -0.3 is 19.8 Å². The van der Waals surface area contributed by atoms with Crippen molar-refractivity contribution in [1.29, 1.82) is 0 Å². The quantitative estimate of drug-likeness (QED) is 0.264. The Hall–Kier alpha value is -2.29. The molecular formula is C11H12N3O7P. The Labute approximate surface area is 122 Å². The Balaban J connectivity index is 2.52. The molecule has 0 atom stereocenters. The highest BCUT2D eigenvalue weighted by Gasteiger charge is 2.16. The second kappa shape index (κ2) is 5.84. The summed E-state index contributed by atoms with van der Waals surface area (Å²) in [6.45, 7) is 0. The number of H-pyrrole nitrogens is 2. The largest absolute Gasteiger partial charge is 0.325 e. The first kappa shape index (κ1) is 16.1. The summed E-state index contributed by atoms with van der Waals surface area (Å²) in [6.07, 6.45) is -0.211. The van der Waals surface area contributed by atoms with Gasteiger partial charge in [0, 0.05) is 12.1 Å². The first-order chi connectivity index (χ1) is 10.2. The van der Waals surface area contributed by atoms with Gasteiger partial charge in [0.25, 0.3) is 5.69 Å². The molecule has 0 saturated heterocycles. The zero-order valence-corrected chi connectivity index (χ0v) is 12.0. The van der Waals surface area contributed by atoms with E-state index in [0.29, 0.717) is 5.56 Å². The van der Waals surface area contributed by atoms with E-state index in [2.05, 4.69) is 9.97 Å². The van der Waals surface area contributed by atoms with Crippen LogP contribution in [0.3, 0.4) is 0 Å². The van der Waals surface area contributed by atoms with E-state index in [1.54, 1.807) is 0 Å². The highest BCUT2D eigenvalue weighted by molar-refractivity contribution is 7.51. The normalized spacial score (nSPS) is 11.7. The van der Waals surface area contributed by atoms with Crippen LogP contribution in [0.4, 0.5) is 5.69 Å². The number of aromatic amines is 2. The summed E-state index contributed by atoms with van der Waals surface area (Å²) in [5.41, 5.74) is -1.51. The Bertz CT molecular complexity index is 895. The number of hydrogen-bond acceptors (Lipinski definition) is 5. The molecule has 0 spiro atoms. The third kappa shape index (κ3) is 3.67. The summed E-state index contributed by atoms with van der Waals surface area (Å²) in [5, 5.41) is 10.9. The molecule has 118 valence electrons. The number of aromatic nitrogens is 2. The van der Waals surface area contributed by atoms with Gasteiger partial charge in [-0.15, -0.1) is 0 Å². The zero-order valence-electron chi connectivity index (χ0n) is 11.1. The molecular weight excluding hydrogens is 317 g/mol. The number of benzene rings is 1. The van der Waals surface area contributed by atoms with Crippen LogP contribution in [0.25, 0.3) is 11.0 Å². The Morgan fingerprint density at radius 3 is 2.41 bits per heavy atom. The third-order valence-electron chi connectivity index (χ3n) is 3.00. The van der Waals surface area contributed by atoms with Crippen LogP contribution in [0, 0.1) is 10.1 Å². The molecule has 1 aromatic heterocycles. The fourth-order valence-electron chi connectivity index (χ4n) is 2.06. The minimum absolute atomic E-state index is 0.0711. The third-order valence-corrected chi connectivity index (χ3v) is 3.90. The summed E-state index contributed by atoms with van der Waals surface area (Å²) in [5.74, 6) is 0. The van der Waals surface area contributed by atoms with Crippen LogP contribution in [0.2, 0.25) is 0 Å². The van der Waals surface area contributed by atoms with Crippen molar-refractivity contribution >= 4 is 24.3 Å². The van der Waals surface area contributed by atoms with Gasteiger partial charge >= 0.3 is 18.7 Å². The Kier molecular flexibility index (Phi) is 4.27. The lowest BCUT2D eigenvalue weighted by molar-refractivity contribution is -0.384. The molecule has 10 nitrogen and oxygen atoms in total. The van der Waals surface area contributed by atoms with Gasteiger partial charge in [-0.25, -0.2) is 0 Å². The number of hydrogen-bond donors (Lipinski definition) is 4. The van der Waals surface area contributed by atoms with E-state index < -0.39 is 23.6 Å². The molecule has 0 aliphatic heterocycles. The average Bonchev–Trinajstić information content (AvgIpc) is 2.38. The molecule has 11 heteroatoms. The molecule has 1 heterocycles. The van der Waals surface area contributed by atoms with Crippen molar-refractivity contribution in [3.05, 3.63) is 48.5 Å². The van der Waals surface area contributed by atoms with Gasteiger partial charge in [-0.3, -0.25) is 24.3 Å². The number of nitrogens with one attached hydrogen (secondary N) is 2. The predicted octanol–water partition coefficient (Wildman–Crippen LogP) is 0.235. The molecule has 0 saturated carbocycles. The average molecular weight is 329 g/mol. The smallest absolute Gasteiger partial charge is 0.324 e. The van der Waals surface area contributed by atoms with Crippen LogP contribution < -0.4 is 11.1 Å². The summed E-state index contributed by atoms with van der Waals surface area (Å²) in [7, 11) is -4.17. The first-order valence-corrected chi connectivity index (χ1v) is 7.95. The number of nitrogens with zero attached hydrogens (tertiary/aromatic N) is 1. The van der Waals surface area contributed by atoms with Crippen molar-refractivity contribution in [1.82, 2.24) is 9.97 Å². The van der Waals surface area contributed by atoms with Crippen molar-refractivity contribution < 1.29 is 19.3 Å². The number of aryl methyl sites for hydroxylation is 1. The van der Waals surface area contributed by atoms with Gasteiger partial charge in [-0.2, -0.15) is 0 Å². The summed E-state index contributed by atoms with van der Waals surface area (Å²) in [6, 6.07) is 2.31. The second-order valence-electron chi connectivity index (χ2n) is 4.68. The lowest BCUT2D eigenvalue weighted by Gasteiger charge is -2.07. The van der Waals surface area contributed by atoms with Crippen LogP contribution in [0.1, 0.15) is 12.0 Å². The van der Waals surface area contributed by atoms with Crippen molar-refractivity contribution in [2.24, 2.45) is 0 Å². The Morgan fingerprint density at radius 2 is 1.82 bits per heavy atom. The van der Waals surface area contributed by atoms with Crippen molar-refractivity contribution in [3.8, 4) is 0 Å². The topological polar surface area (TPSA) is 166 Å². The number of fused-ring (bicyclic) bond motifs is 1. The molecule has 0 unspecified atom stereocenters. The lowest BCUT2D eigenvalue weighted by Crippen LogP contribution is -2.29. The first-order valence-electron chi connectivity index (χ1n) is 6.15. The summed E-state index contributed by atoms with van der Waals surface area (Å²) < 4.78 is 10.8. The van der Waals surface area contributed by atoms with E-state index in [-0.39, 0.29) is 35.7 Å². The molecule has 0 aliphatic rings. The van der Waals surface area contributed by atoms with Gasteiger partial charge in [-0.05, 0) is 18.4 Å². The standard InChI is InChI=1S/C11H12N3O7P/c15-10-11(16)13-9-6(2-1-3-22(19,20)21)4-7(14(17)18)5-8(9)12-10/h4-5H,1-3H2,(H,12,15)(H,13,16)(H2,19,20,21). The molecule has 2 rings (SSSR count). The predicted molar refractivity (Wildman–Crippen MR) is 77.1 cm³/mol. The summed E-state index contributed by atoms with van der Waals surface area (Å²) >= 11 is 0. The second-order valence-corrected chi connectivity index (χ2v) is 6.46. The van der Waals surface area contributed by atoms with Gasteiger partial charge in [0.05, 0.1) is 22.1 Å². The lowest BCUT2D eigenvalue weighted by atomic mass is 10.1. The number of rotatable bonds is 5. The molecule has 4 N–H and O–H groups in total. The van der Waals surface area contributed by atoms with Crippen molar-refractivity contribution in [2.75, 3.05) is 6.16 Å². The molecule has 1 aromatic carbocycles. The maximum Gasteiger partial charge on any atom is 0.325 e. The summed E-state index contributed by atoms with van der Waals surface area (Å²) in [4.78, 5) is 55.1. The van der Waals surface area contributed by atoms with E-state index >= 15 is 0 Å².